The van der Waals surface area contributed by atoms with Crippen LogP contribution < -0.4 is 9.47 Å². The van der Waals surface area contributed by atoms with Crippen LogP contribution in [0, 0.1) is 5.82 Å². The molecule has 19 heavy (non-hydrogen) atoms. The lowest BCUT2D eigenvalue weighted by atomic mass is 10.0. The SMILES string of the molecule is O=C(c1cccc(F)c1)c1ccc2c(c1)OCCO2. The molecule has 1 aliphatic heterocycles. The van der Waals surface area contributed by atoms with Crippen LogP contribution in [0.15, 0.2) is 42.5 Å². The summed E-state index contributed by atoms with van der Waals surface area (Å²) in [4.78, 5) is 12.2. The molecule has 1 heterocycles. The minimum absolute atomic E-state index is 0.239. The van der Waals surface area contributed by atoms with Crippen LogP contribution in [0.3, 0.4) is 0 Å². The van der Waals surface area contributed by atoms with Gasteiger partial charge in [0.15, 0.2) is 17.3 Å². The minimum atomic E-state index is -0.427. The molecular formula is C15H11FO3. The maximum absolute atomic E-state index is 13.1. The fourth-order valence-electron chi connectivity index (χ4n) is 1.98. The molecule has 3 rings (SSSR count). The van der Waals surface area contributed by atoms with Crippen LogP contribution in [0.4, 0.5) is 4.39 Å². The monoisotopic (exact) mass is 258 g/mol. The number of ketones is 1. The molecule has 2 aromatic rings. The third kappa shape index (κ3) is 2.29. The summed E-state index contributed by atoms with van der Waals surface area (Å²) < 4.78 is 23.9. The molecule has 1 aliphatic rings. The van der Waals surface area contributed by atoms with E-state index in [1.54, 1.807) is 24.3 Å². The van der Waals surface area contributed by atoms with Crippen molar-refractivity contribution in [1.82, 2.24) is 0 Å². The fraction of sp³-hybridized carbons (Fsp3) is 0.133. The summed E-state index contributed by atoms with van der Waals surface area (Å²) in [5.74, 6) is 0.510. The summed E-state index contributed by atoms with van der Waals surface area (Å²) in [6.07, 6.45) is 0. The van der Waals surface area contributed by atoms with Gasteiger partial charge in [0.05, 0.1) is 0 Å². The highest BCUT2D eigenvalue weighted by molar-refractivity contribution is 6.09. The highest BCUT2D eigenvalue weighted by Crippen LogP contribution is 2.31. The van der Waals surface area contributed by atoms with Gasteiger partial charge in [-0.25, -0.2) is 4.39 Å². The van der Waals surface area contributed by atoms with E-state index in [9.17, 15) is 9.18 Å². The molecule has 0 amide bonds. The minimum Gasteiger partial charge on any atom is -0.486 e. The number of benzene rings is 2. The van der Waals surface area contributed by atoms with Crippen molar-refractivity contribution >= 4 is 5.78 Å². The second-order valence-corrected chi connectivity index (χ2v) is 4.20. The number of ether oxygens (including phenoxy) is 2. The summed E-state index contributed by atoms with van der Waals surface area (Å²) in [6.45, 7) is 0.967. The van der Waals surface area contributed by atoms with Gasteiger partial charge in [-0.1, -0.05) is 12.1 Å². The topological polar surface area (TPSA) is 35.5 Å². The molecular weight excluding hydrogens is 247 g/mol. The van der Waals surface area contributed by atoms with Gasteiger partial charge >= 0.3 is 0 Å². The molecule has 0 unspecified atom stereocenters. The van der Waals surface area contributed by atoms with Crippen molar-refractivity contribution in [1.29, 1.82) is 0 Å². The Morgan fingerprint density at radius 1 is 0.947 bits per heavy atom. The quantitative estimate of drug-likeness (QED) is 0.777. The first-order chi connectivity index (χ1) is 9.24. The average molecular weight is 258 g/mol. The van der Waals surface area contributed by atoms with Crippen molar-refractivity contribution in [3.63, 3.8) is 0 Å². The number of carbonyl (C=O) groups excluding carboxylic acids is 1. The van der Waals surface area contributed by atoms with Gasteiger partial charge in [0, 0.05) is 11.1 Å². The molecule has 0 N–H and O–H groups in total. The third-order valence-corrected chi connectivity index (χ3v) is 2.89. The number of halogens is 1. The Balaban J connectivity index is 1.96. The lowest BCUT2D eigenvalue weighted by Gasteiger charge is -2.18. The van der Waals surface area contributed by atoms with Gasteiger partial charge in [-0.3, -0.25) is 4.79 Å². The van der Waals surface area contributed by atoms with Crippen molar-refractivity contribution in [2.45, 2.75) is 0 Å². The van der Waals surface area contributed by atoms with Gasteiger partial charge in [0.1, 0.15) is 19.0 Å². The third-order valence-electron chi connectivity index (χ3n) is 2.89. The molecule has 4 heteroatoms. The van der Waals surface area contributed by atoms with E-state index in [-0.39, 0.29) is 5.78 Å². The van der Waals surface area contributed by atoms with Crippen LogP contribution in [0.1, 0.15) is 15.9 Å². The van der Waals surface area contributed by atoms with E-state index in [1.165, 1.54) is 18.2 Å². The molecule has 3 nitrogen and oxygen atoms in total. The van der Waals surface area contributed by atoms with E-state index in [0.29, 0.717) is 35.8 Å². The summed E-state index contributed by atoms with van der Waals surface area (Å²) in [7, 11) is 0. The predicted octanol–water partition coefficient (Wildman–Crippen LogP) is 2.83. The maximum atomic E-state index is 13.1. The number of carbonyl (C=O) groups is 1. The maximum Gasteiger partial charge on any atom is 0.193 e. The molecule has 2 aromatic carbocycles. The first-order valence-electron chi connectivity index (χ1n) is 5.94. The first-order valence-corrected chi connectivity index (χ1v) is 5.94. The van der Waals surface area contributed by atoms with Crippen LogP contribution >= 0.6 is 0 Å². The van der Waals surface area contributed by atoms with Gasteiger partial charge in [-0.2, -0.15) is 0 Å². The van der Waals surface area contributed by atoms with Gasteiger partial charge in [0.25, 0.3) is 0 Å². The molecule has 0 fully saturated rings. The second-order valence-electron chi connectivity index (χ2n) is 4.20. The molecule has 0 atom stereocenters. The van der Waals surface area contributed by atoms with E-state index >= 15 is 0 Å². The van der Waals surface area contributed by atoms with Crippen molar-refractivity contribution < 1.29 is 18.7 Å². The Hall–Kier alpha value is -2.36. The van der Waals surface area contributed by atoms with Crippen molar-refractivity contribution in [3.05, 3.63) is 59.4 Å². The predicted molar refractivity (Wildman–Crippen MR) is 67.3 cm³/mol. The fourth-order valence-corrected chi connectivity index (χ4v) is 1.98. The molecule has 0 aromatic heterocycles. The highest BCUT2D eigenvalue weighted by atomic mass is 19.1. The summed E-state index contributed by atoms with van der Waals surface area (Å²) in [6, 6.07) is 10.6. The van der Waals surface area contributed by atoms with Crippen LogP contribution in [0.5, 0.6) is 11.5 Å². The van der Waals surface area contributed by atoms with Crippen LogP contribution in [0.25, 0.3) is 0 Å². The molecule has 0 saturated carbocycles. The summed E-state index contributed by atoms with van der Waals surface area (Å²) >= 11 is 0. The Morgan fingerprint density at radius 2 is 1.68 bits per heavy atom. The Morgan fingerprint density at radius 3 is 2.47 bits per heavy atom. The summed E-state index contributed by atoms with van der Waals surface area (Å²) in [5.41, 5.74) is 0.770. The lowest BCUT2D eigenvalue weighted by Crippen LogP contribution is -2.15. The van der Waals surface area contributed by atoms with Gasteiger partial charge in [-0.15, -0.1) is 0 Å². The number of fused-ring (bicyclic) bond motifs is 1. The zero-order valence-corrected chi connectivity index (χ0v) is 10.1. The zero-order valence-electron chi connectivity index (χ0n) is 10.1. The Kier molecular flexibility index (Phi) is 2.91. The smallest absolute Gasteiger partial charge is 0.193 e. The van der Waals surface area contributed by atoms with E-state index < -0.39 is 5.82 Å². The normalized spacial score (nSPS) is 13.1. The number of rotatable bonds is 2. The molecule has 0 bridgehead atoms. The Bertz CT molecular complexity index is 637. The van der Waals surface area contributed by atoms with Gasteiger partial charge < -0.3 is 9.47 Å². The van der Waals surface area contributed by atoms with E-state index in [2.05, 4.69) is 0 Å². The summed E-state index contributed by atoms with van der Waals surface area (Å²) in [5, 5.41) is 0. The lowest BCUT2D eigenvalue weighted by molar-refractivity contribution is 0.103. The van der Waals surface area contributed by atoms with Crippen molar-refractivity contribution in [2.75, 3.05) is 13.2 Å². The highest BCUT2D eigenvalue weighted by Gasteiger charge is 2.16. The standard InChI is InChI=1S/C15H11FO3/c16-12-3-1-2-10(8-12)15(17)11-4-5-13-14(9-11)19-7-6-18-13/h1-5,8-9H,6-7H2. The van der Waals surface area contributed by atoms with E-state index in [4.69, 9.17) is 9.47 Å². The van der Waals surface area contributed by atoms with Crippen molar-refractivity contribution in [3.8, 4) is 11.5 Å². The van der Waals surface area contributed by atoms with E-state index in [1.807, 2.05) is 0 Å². The van der Waals surface area contributed by atoms with Gasteiger partial charge in [0.2, 0.25) is 0 Å². The van der Waals surface area contributed by atoms with E-state index in [0.717, 1.165) is 0 Å². The molecule has 0 aliphatic carbocycles. The number of hydrogen-bond acceptors (Lipinski definition) is 3. The van der Waals surface area contributed by atoms with Crippen LogP contribution in [-0.4, -0.2) is 19.0 Å². The number of hydrogen-bond donors (Lipinski definition) is 0. The largest absolute Gasteiger partial charge is 0.486 e. The van der Waals surface area contributed by atoms with Gasteiger partial charge in [-0.05, 0) is 30.3 Å². The average Bonchev–Trinajstić information content (AvgIpc) is 2.46. The first kappa shape index (κ1) is 11.7. The molecule has 0 radical (unpaired) electrons. The second kappa shape index (κ2) is 4.72. The molecule has 96 valence electrons. The molecule has 0 spiro atoms. The zero-order chi connectivity index (χ0) is 13.2. The van der Waals surface area contributed by atoms with Crippen LogP contribution in [-0.2, 0) is 0 Å². The molecule has 0 saturated heterocycles. The Labute approximate surface area is 109 Å². The van der Waals surface area contributed by atoms with Crippen molar-refractivity contribution in [2.24, 2.45) is 0 Å². The van der Waals surface area contributed by atoms with Crippen LogP contribution in [0.2, 0.25) is 0 Å².